The first-order valence-corrected chi connectivity index (χ1v) is 8.55. The number of hydrogen-bond donors (Lipinski definition) is 1. The molecule has 0 aliphatic heterocycles. The molecule has 25 heavy (non-hydrogen) atoms. The van der Waals surface area contributed by atoms with Crippen LogP contribution in [0.25, 0.3) is 0 Å². The monoisotopic (exact) mass is 397 g/mol. The SMILES string of the molecule is O=C(Nc1nc(=O)n(Cc2ccc(F)cc2)s1)c1c(Cl)cccc1Cl. The van der Waals surface area contributed by atoms with Crippen molar-refractivity contribution in [3.8, 4) is 0 Å². The predicted octanol–water partition coefficient (Wildman–Crippen LogP) is 4.05. The largest absolute Gasteiger partial charge is 0.360 e. The number of aromatic nitrogens is 2. The molecule has 1 N–H and O–H groups in total. The van der Waals surface area contributed by atoms with E-state index in [9.17, 15) is 14.0 Å². The Bertz CT molecular complexity index is 966. The molecule has 0 aliphatic rings. The molecule has 3 rings (SSSR count). The molecule has 5 nitrogen and oxygen atoms in total. The van der Waals surface area contributed by atoms with Crippen molar-refractivity contribution in [3.63, 3.8) is 0 Å². The normalized spacial score (nSPS) is 10.7. The maximum Gasteiger partial charge on any atom is 0.360 e. The van der Waals surface area contributed by atoms with E-state index < -0.39 is 11.6 Å². The second-order valence-electron chi connectivity index (χ2n) is 5.00. The third-order valence-electron chi connectivity index (χ3n) is 3.26. The van der Waals surface area contributed by atoms with E-state index in [-0.39, 0.29) is 33.1 Å². The van der Waals surface area contributed by atoms with E-state index in [0.29, 0.717) is 0 Å². The molecular weight excluding hydrogens is 388 g/mol. The number of benzene rings is 2. The smallest absolute Gasteiger partial charge is 0.296 e. The van der Waals surface area contributed by atoms with Crippen LogP contribution in [0.2, 0.25) is 10.0 Å². The molecule has 1 amide bonds. The van der Waals surface area contributed by atoms with Gasteiger partial charge in [0.25, 0.3) is 5.91 Å². The second kappa shape index (κ2) is 7.35. The minimum absolute atomic E-state index is 0.110. The highest BCUT2D eigenvalue weighted by atomic mass is 35.5. The Morgan fingerprint density at radius 3 is 2.44 bits per heavy atom. The molecule has 0 saturated heterocycles. The van der Waals surface area contributed by atoms with Crippen LogP contribution < -0.4 is 11.0 Å². The third-order valence-corrected chi connectivity index (χ3v) is 4.76. The Balaban J connectivity index is 1.79. The summed E-state index contributed by atoms with van der Waals surface area (Å²) < 4.78 is 14.3. The summed E-state index contributed by atoms with van der Waals surface area (Å²) >= 11 is 12.9. The highest BCUT2D eigenvalue weighted by Crippen LogP contribution is 2.25. The molecule has 1 aromatic heterocycles. The first-order chi connectivity index (χ1) is 11.9. The lowest BCUT2D eigenvalue weighted by atomic mass is 10.2. The third kappa shape index (κ3) is 4.07. The Labute approximate surface area is 155 Å². The molecule has 0 bridgehead atoms. The molecule has 3 aromatic rings. The van der Waals surface area contributed by atoms with Crippen molar-refractivity contribution in [1.82, 2.24) is 8.94 Å². The highest BCUT2D eigenvalue weighted by Gasteiger charge is 2.17. The van der Waals surface area contributed by atoms with Gasteiger partial charge in [0, 0.05) is 0 Å². The standard InChI is InChI=1S/C16H10Cl2FN3O2S/c17-11-2-1-3-12(18)13(11)14(23)20-15-21-16(24)22(25-15)8-9-4-6-10(19)7-5-9/h1-7H,8H2,(H,20,21,23,24). The first-order valence-electron chi connectivity index (χ1n) is 7.02. The van der Waals surface area contributed by atoms with E-state index in [4.69, 9.17) is 23.2 Å². The predicted molar refractivity (Wildman–Crippen MR) is 96.3 cm³/mol. The van der Waals surface area contributed by atoms with Gasteiger partial charge in [0.1, 0.15) is 5.82 Å². The summed E-state index contributed by atoms with van der Waals surface area (Å²) in [6.07, 6.45) is 0. The molecule has 0 spiro atoms. The summed E-state index contributed by atoms with van der Waals surface area (Å²) in [5.74, 6) is -0.914. The van der Waals surface area contributed by atoms with Gasteiger partial charge in [-0.3, -0.25) is 10.1 Å². The van der Waals surface area contributed by atoms with Crippen LogP contribution in [0.4, 0.5) is 9.52 Å². The van der Waals surface area contributed by atoms with Crippen molar-refractivity contribution in [2.75, 3.05) is 5.32 Å². The molecule has 0 saturated carbocycles. The molecule has 0 radical (unpaired) electrons. The van der Waals surface area contributed by atoms with Gasteiger partial charge in [0.15, 0.2) is 0 Å². The summed E-state index contributed by atoms with van der Waals surface area (Å²) in [5.41, 5.74) is 0.327. The van der Waals surface area contributed by atoms with Crippen LogP contribution in [0.3, 0.4) is 0 Å². The van der Waals surface area contributed by atoms with Crippen molar-refractivity contribution in [1.29, 1.82) is 0 Å². The molecule has 9 heteroatoms. The van der Waals surface area contributed by atoms with Gasteiger partial charge in [0.2, 0.25) is 5.13 Å². The van der Waals surface area contributed by atoms with Crippen molar-refractivity contribution in [3.05, 3.63) is 79.9 Å². The molecule has 0 atom stereocenters. The summed E-state index contributed by atoms with van der Waals surface area (Å²) in [6, 6.07) is 10.5. The lowest BCUT2D eigenvalue weighted by molar-refractivity contribution is 0.102. The van der Waals surface area contributed by atoms with E-state index in [1.165, 1.54) is 28.2 Å². The molecule has 128 valence electrons. The molecule has 2 aromatic carbocycles. The molecule has 0 fully saturated rings. The van der Waals surface area contributed by atoms with Gasteiger partial charge in [-0.1, -0.05) is 41.4 Å². The zero-order chi connectivity index (χ0) is 18.0. The average Bonchev–Trinajstić information content (AvgIpc) is 2.88. The van der Waals surface area contributed by atoms with Crippen LogP contribution in [0.1, 0.15) is 15.9 Å². The van der Waals surface area contributed by atoms with E-state index in [0.717, 1.165) is 17.1 Å². The lowest BCUT2D eigenvalue weighted by Gasteiger charge is -2.05. The van der Waals surface area contributed by atoms with Crippen LogP contribution in [-0.2, 0) is 6.54 Å². The van der Waals surface area contributed by atoms with Gasteiger partial charge in [-0.2, -0.15) is 4.98 Å². The van der Waals surface area contributed by atoms with Gasteiger partial charge < -0.3 is 0 Å². The average molecular weight is 398 g/mol. The summed E-state index contributed by atoms with van der Waals surface area (Å²) in [7, 11) is 0. The maximum absolute atomic E-state index is 12.9. The van der Waals surface area contributed by atoms with Crippen molar-refractivity contribution < 1.29 is 9.18 Å². The second-order valence-corrected chi connectivity index (χ2v) is 6.83. The van der Waals surface area contributed by atoms with Gasteiger partial charge in [-0.15, -0.1) is 0 Å². The molecule has 1 heterocycles. The van der Waals surface area contributed by atoms with Crippen LogP contribution in [-0.4, -0.2) is 14.8 Å². The summed E-state index contributed by atoms with van der Waals surface area (Å²) in [5, 5.41) is 3.03. The minimum Gasteiger partial charge on any atom is -0.296 e. The van der Waals surface area contributed by atoms with Crippen LogP contribution >= 0.6 is 34.7 Å². The number of nitrogens with zero attached hydrogens (tertiary/aromatic N) is 2. The highest BCUT2D eigenvalue weighted by molar-refractivity contribution is 7.10. The molecular formula is C16H10Cl2FN3O2S. The quantitative estimate of drug-likeness (QED) is 0.721. The molecule has 0 unspecified atom stereocenters. The zero-order valence-electron chi connectivity index (χ0n) is 12.5. The van der Waals surface area contributed by atoms with E-state index >= 15 is 0 Å². The van der Waals surface area contributed by atoms with Crippen LogP contribution in [0.5, 0.6) is 0 Å². The fourth-order valence-electron chi connectivity index (χ4n) is 2.09. The van der Waals surface area contributed by atoms with Gasteiger partial charge in [-0.25, -0.2) is 13.1 Å². The van der Waals surface area contributed by atoms with Gasteiger partial charge in [0.05, 0.1) is 22.2 Å². The number of rotatable bonds is 4. The van der Waals surface area contributed by atoms with Crippen molar-refractivity contribution in [2.24, 2.45) is 0 Å². The topological polar surface area (TPSA) is 64.0 Å². The number of amides is 1. The number of anilines is 1. The fraction of sp³-hybridized carbons (Fsp3) is 0.0625. The van der Waals surface area contributed by atoms with Crippen molar-refractivity contribution in [2.45, 2.75) is 6.54 Å². The Morgan fingerprint density at radius 1 is 1.16 bits per heavy atom. The fourth-order valence-corrected chi connectivity index (χ4v) is 3.45. The van der Waals surface area contributed by atoms with Crippen molar-refractivity contribution >= 4 is 45.8 Å². The van der Waals surface area contributed by atoms with E-state index in [1.807, 2.05) is 0 Å². The van der Waals surface area contributed by atoms with Crippen LogP contribution in [0.15, 0.2) is 47.3 Å². The number of carbonyl (C=O) groups is 1. The Hall–Kier alpha value is -2.22. The summed E-state index contributed by atoms with van der Waals surface area (Å²) in [6.45, 7) is 0.222. The van der Waals surface area contributed by atoms with Gasteiger partial charge in [-0.05, 0) is 41.4 Å². The minimum atomic E-state index is -0.557. The number of carbonyl (C=O) groups excluding carboxylic acids is 1. The molecule has 0 aliphatic carbocycles. The lowest BCUT2D eigenvalue weighted by Crippen LogP contribution is -2.16. The van der Waals surface area contributed by atoms with Gasteiger partial charge >= 0.3 is 5.69 Å². The number of halogens is 3. The zero-order valence-corrected chi connectivity index (χ0v) is 14.8. The number of nitrogens with one attached hydrogen (secondary N) is 1. The van der Waals surface area contributed by atoms with E-state index in [2.05, 4.69) is 10.3 Å². The van der Waals surface area contributed by atoms with E-state index in [1.54, 1.807) is 18.2 Å². The Kier molecular flexibility index (Phi) is 5.17. The van der Waals surface area contributed by atoms with Crippen LogP contribution in [0, 0.1) is 5.82 Å². The number of hydrogen-bond acceptors (Lipinski definition) is 4. The Morgan fingerprint density at radius 2 is 1.80 bits per heavy atom. The first kappa shape index (κ1) is 17.6. The summed E-state index contributed by atoms with van der Waals surface area (Å²) in [4.78, 5) is 28.0. The maximum atomic E-state index is 12.9.